The molecule has 0 aliphatic carbocycles. The van der Waals surface area contributed by atoms with Crippen LogP contribution in [0.15, 0.2) is 47.4 Å². The molecule has 0 saturated carbocycles. The molecule has 3 rings (SSSR count). The van der Waals surface area contributed by atoms with Gasteiger partial charge in [0.1, 0.15) is 0 Å². The quantitative estimate of drug-likeness (QED) is 0.567. The van der Waals surface area contributed by atoms with Crippen LogP contribution in [0.1, 0.15) is 74.0 Å². The maximum absolute atomic E-state index is 12.8. The molecule has 0 fully saturated rings. The molecular formula is C22H26O2S. The van der Waals surface area contributed by atoms with E-state index in [4.69, 9.17) is 4.74 Å². The van der Waals surface area contributed by atoms with Gasteiger partial charge in [-0.25, -0.2) is 4.79 Å². The fraction of sp³-hybridized carbons (Fsp3) is 0.409. The monoisotopic (exact) mass is 354 g/mol. The summed E-state index contributed by atoms with van der Waals surface area (Å²) in [7, 11) is 0. The van der Waals surface area contributed by atoms with Crippen molar-refractivity contribution in [2.75, 3.05) is 0 Å². The van der Waals surface area contributed by atoms with Gasteiger partial charge in [0.25, 0.3) is 0 Å². The predicted molar refractivity (Wildman–Crippen MR) is 104 cm³/mol. The number of carbonyl (C=O) groups is 1. The molecule has 1 aliphatic heterocycles. The number of hydrogen-bond acceptors (Lipinski definition) is 3. The molecule has 2 aromatic rings. The predicted octanol–water partition coefficient (Wildman–Crippen LogP) is 6.24. The summed E-state index contributed by atoms with van der Waals surface area (Å²) < 4.78 is 5.76. The molecule has 1 heterocycles. The zero-order chi connectivity index (χ0) is 18.4. The van der Waals surface area contributed by atoms with Crippen LogP contribution in [0.3, 0.4) is 0 Å². The highest BCUT2D eigenvalue weighted by molar-refractivity contribution is 7.99. The largest absolute Gasteiger partial charge is 0.442 e. The van der Waals surface area contributed by atoms with Crippen LogP contribution in [0, 0.1) is 0 Å². The van der Waals surface area contributed by atoms with Gasteiger partial charge in [-0.1, -0.05) is 89.7 Å². The molecule has 0 saturated heterocycles. The molecule has 0 amide bonds. The average Bonchev–Trinajstić information content (AvgIpc) is 2.53. The summed E-state index contributed by atoms with van der Waals surface area (Å²) in [6.07, 6.45) is 0. The van der Waals surface area contributed by atoms with E-state index in [0.29, 0.717) is 5.56 Å². The minimum Gasteiger partial charge on any atom is -0.442 e. The van der Waals surface area contributed by atoms with Gasteiger partial charge in [-0.3, -0.25) is 0 Å². The molecular weight excluding hydrogens is 328 g/mol. The lowest BCUT2D eigenvalue weighted by Gasteiger charge is -2.33. The lowest BCUT2D eigenvalue weighted by Crippen LogP contribution is -2.24. The van der Waals surface area contributed by atoms with Crippen molar-refractivity contribution in [3.8, 4) is 0 Å². The third-order valence-corrected chi connectivity index (χ3v) is 5.75. The van der Waals surface area contributed by atoms with E-state index in [0.717, 1.165) is 10.5 Å². The zero-order valence-corrected chi connectivity index (χ0v) is 16.7. The van der Waals surface area contributed by atoms with Crippen LogP contribution < -0.4 is 0 Å². The van der Waals surface area contributed by atoms with Gasteiger partial charge in [0.05, 0.1) is 5.56 Å². The number of benzene rings is 2. The van der Waals surface area contributed by atoms with E-state index in [1.807, 2.05) is 36.4 Å². The van der Waals surface area contributed by atoms with Crippen molar-refractivity contribution in [2.45, 2.75) is 62.7 Å². The Balaban J connectivity index is 2.15. The van der Waals surface area contributed by atoms with Crippen LogP contribution in [0.4, 0.5) is 0 Å². The van der Waals surface area contributed by atoms with Crippen LogP contribution in [-0.2, 0) is 15.6 Å². The number of carbonyl (C=O) groups excluding carboxylic acids is 1. The molecule has 1 aliphatic rings. The van der Waals surface area contributed by atoms with Gasteiger partial charge in [-0.2, -0.15) is 0 Å². The Morgan fingerprint density at radius 1 is 0.920 bits per heavy atom. The average molecular weight is 355 g/mol. The summed E-state index contributed by atoms with van der Waals surface area (Å²) in [5.41, 5.74) is 3.76. The molecule has 25 heavy (non-hydrogen) atoms. The standard InChI is InChI=1S/C22H26O2S/c1-21(2,3)15-12-16-18(17(13-15)22(4,5)6)25-20(24-19(16)23)14-10-8-7-9-11-14/h7-13,20H,1-6H3. The SMILES string of the molecule is CC(C)(C)c1cc2c(c(C(C)(C)C)c1)SC(c1ccccc1)OC2=O. The summed E-state index contributed by atoms with van der Waals surface area (Å²) in [5.74, 6) is -0.223. The van der Waals surface area contributed by atoms with Crippen molar-refractivity contribution in [3.63, 3.8) is 0 Å². The Morgan fingerprint density at radius 2 is 1.56 bits per heavy atom. The van der Waals surface area contributed by atoms with Gasteiger partial charge in [-0.05, 0) is 28.0 Å². The second kappa shape index (κ2) is 6.21. The number of cyclic esters (lactones) is 1. The van der Waals surface area contributed by atoms with E-state index in [1.165, 1.54) is 11.1 Å². The van der Waals surface area contributed by atoms with Crippen LogP contribution >= 0.6 is 11.8 Å². The minimum absolute atomic E-state index is 0.0176. The van der Waals surface area contributed by atoms with Crippen LogP contribution in [0.2, 0.25) is 0 Å². The minimum atomic E-state index is -0.289. The van der Waals surface area contributed by atoms with E-state index in [1.54, 1.807) is 11.8 Å². The van der Waals surface area contributed by atoms with Crippen molar-refractivity contribution < 1.29 is 9.53 Å². The maximum atomic E-state index is 12.8. The topological polar surface area (TPSA) is 26.3 Å². The van der Waals surface area contributed by atoms with E-state index in [9.17, 15) is 4.79 Å². The molecule has 0 N–H and O–H groups in total. The number of hydrogen-bond donors (Lipinski definition) is 0. The highest BCUT2D eigenvalue weighted by atomic mass is 32.2. The Kier molecular flexibility index (Phi) is 4.48. The Labute approximate surface area is 155 Å². The van der Waals surface area contributed by atoms with Crippen molar-refractivity contribution in [3.05, 3.63) is 64.7 Å². The third-order valence-electron chi connectivity index (χ3n) is 4.49. The van der Waals surface area contributed by atoms with E-state index in [2.05, 4.69) is 47.6 Å². The summed E-state index contributed by atoms with van der Waals surface area (Å²) >= 11 is 1.64. The van der Waals surface area contributed by atoms with Gasteiger partial charge in [0.15, 0.2) is 5.44 Å². The molecule has 3 heteroatoms. The lowest BCUT2D eigenvalue weighted by atomic mass is 9.79. The van der Waals surface area contributed by atoms with Crippen LogP contribution in [0.25, 0.3) is 0 Å². The number of fused-ring (bicyclic) bond motifs is 1. The van der Waals surface area contributed by atoms with Crippen molar-refractivity contribution >= 4 is 17.7 Å². The fourth-order valence-corrected chi connectivity index (χ4v) is 4.34. The molecule has 0 radical (unpaired) electrons. The van der Waals surface area contributed by atoms with Crippen LogP contribution in [0.5, 0.6) is 0 Å². The van der Waals surface area contributed by atoms with E-state index >= 15 is 0 Å². The summed E-state index contributed by atoms with van der Waals surface area (Å²) in [6.45, 7) is 13.1. The number of esters is 1. The summed E-state index contributed by atoms with van der Waals surface area (Å²) in [6, 6.07) is 14.2. The molecule has 2 nitrogen and oxygen atoms in total. The van der Waals surface area contributed by atoms with Crippen LogP contribution in [-0.4, -0.2) is 5.97 Å². The zero-order valence-electron chi connectivity index (χ0n) is 15.8. The highest BCUT2D eigenvalue weighted by Gasteiger charge is 2.34. The van der Waals surface area contributed by atoms with Crippen molar-refractivity contribution in [1.29, 1.82) is 0 Å². The van der Waals surface area contributed by atoms with Gasteiger partial charge in [0, 0.05) is 10.5 Å². The Bertz CT molecular complexity index is 795. The van der Waals surface area contributed by atoms with E-state index < -0.39 is 0 Å². The van der Waals surface area contributed by atoms with E-state index in [-0.39, 0.29) is 22.2 Å². The normalized spacial score (nSPS) is 17.8. The summed E-state index contributed by atoms with van der Waals surface area (Å²) in [4.78, 5) is 13.9. The first-order valence-electron chi connectivity index (χ1n) is 8.69. The maximum Gasteiger partial charge on any atom is 0.340 e. The second-order valence-electron chi connectivity index (χ2n) is 8.67. The van der Waals surface area contributed by atoms with Gasteiger partial charge in [0.2, 0.25) is 0 Å². The van der Waals surface area contributed by atoms with Crippen molar-refractivity contribution in [2.24, 2.45) is 0 Å². The Hall–Kier alpha value is -1.74. The first kappa shape index (κ1) is 18.1. The smallest absolute Gasteiger partial charge is 0.340 e. The number of rotatable bonds is 1. The van der Waals surface area contributed by atoms with Gasteiger partial charge >= 0.3 is 5.97 Å². The lowest BCUT2D eigenvalue weighted by molar-refractivity contribution is 0.0439. The molecule has 1 atom stereocenters. The second-order valence-corrected chi connectivity index (χ2v) is 9.74. The molecule has 0 bridgehead atoms. The highest BCUT2D eigenvalue weighted by Crippen LogP contribution is 2.48. The van der Waals surface area contributed by atoms with Gasteiger partial charge < -0.3 is 4.74 Å². The molecule has 132 valence electrons. The Morgan fingerprint density at radius 3 is 2.12 bits per heavy atom. The fourth-order valence-electron chi connectivity index (χ4n) is 2.94. The number of ether oxygens (including phenoxy) is 1. The summed E-state index contributed by atoms with van der Waals surface area (Å²) in [5, 5.41) is 0. The van der Waals surface area contributed by atoms with Gasteiger partial charge in [-0.15, -0.1) is 0 Å². The first-order valence-corrected chi connectivity index (χ1v) is 9.57. The molecule has 0 spiro atoms. The third kappa shape index (κ3) is 3.62. The molecule has 0 aromatic heterocycles. The first-order chi connectivity index (χ1) is 11.6. The molecule has 2 aromatic carbocycles. The van der Waals surface area contributed by atoms with Crippen molar-refractivity contribution in [1.82, 2.24) is 0 Å². The molecule has 1 unspecified atom stereocenters. The number of thioether (sulfide) groups is 1.